The first kappa shape index (κ1) is 15.8. The molecule has 112 valence electrons. The molecule has 1 fully saturated rings. The number of carbonyl (C=O) groups excluding carboxylic acids is 1. The monoisotopic (exact) mass is 349 g/mol. The van der Waals surface area contributed by atoms with Gasteiger partial charge in [0.2, 0.25) is 5.91 Å². The van der Waals surface area contributed by atoms with Crippen LogP contribution in [0.2, 0.25) is 0 Å². The zero-order chi connectivity index (χ0) is 15.3. The van der Waals surface area contributed by atoms with E-state index in [4.69, 9.17) is 0 Å². The number of carbonyl (C=O) groups is 1. The van der Waals surface area contributed by atoms with E-state index in [1.54, 1.807) is 0 Å². The van der Waals surface area contributed by atoms with Crippen LogP contribution in [0.15, 0.2) is 22.7 Å². The first-order chi connectivity index (χ1) is 10.0. The summed E-state index contributed by atoms with van der Waals surface area (Å²) in [6, 6.07) is 8.22. The van der Waals surface area contributed by atoms with Gasteiger partial charge in [-0.05, 0) is 53.4 Å². The molecule has 0 saturated heterocycles. The van der Waals surface area contributed by atoms with Crippen LogP contribution in [0.4, 0.5) is 5.69 Å². The number of amides is 1. The van der Waals surface area contributed by atoms with E-state index in [1.165, 1.54) is 0 Å². The number of rotatable bonds is 4. The molecule has 2 N–H and O–H groups in total. The maximum Gasteiger partial charge on any atom is 0.240 e. The smallest absolute Gasteiger partial charge is 0.240 e. The topological polar surface area (TPSA) is 64.9 Å². The zero-order valence-electron chi connectivity index (χ0n) is 12.2. The fourth-order valence-electron chi connectivity index (χ4n) is 2.67. The molecule has 0 spiro atoms. The molecule has 1 aromatic carbocycles. The van der Waals surface area contributed by atoms with Crippen LogP contribution in [0.25, 0.3) is 0 Å². The van der Waals surface area contributed by atoms with Gasteiger partial charge in [-0.25, -0.2) is 0 Å². The molecule has 0 bridgehead atoms. The van der Waals surface area contributed by atoms with E-state index in [9.17, 15) is 10.1 Å². The standard InChI is InChI=1S/C16H20BrN3O/c1-12-5-6-14(13(17)9-12)19-10-15(21)20-16(11-18)7-3-2-4-8-16/h5-6,9,19H,2-4,7-8,10H2,1H3,(H,20,21). The molecule has 4 nitrogen and oxygen atoms in total. The van der Waals surface area contributed by atoms with Crippen molar-refractivity contribution in [3.63, 3.8) is 0 Å². The third-order valence-corrected chi connectivity index (χ3v) is 4.52. The van der Waals surface area contributed by atoms with Gasteiger partial charge in [-0.3, -0.25) is 4.79 Å². The Morgan fingerprint density at radius 3 is 2.71 bits per heavy atom. The van der Waals surface area contributed by atoms with Crippen molar-refractivity contribution in [2.24, 2.45) is 0 Å². The average molecular weight is 350 g/mol. The summed E-state index contributed by atoms with van der Waals surface area (Å²) in [4.78, 5) is 12.1. The second-order valence-corrected chi connectivity index (χ2v) is 6.49. The largest absolute Gasteiger partial charge is 0.375 e. The molecule has 21 heavy (non-hydrogen) atoms. The van der Waals surface area contributed by atoms with Crippen LogP contribution in [-0.4, -0.2) is 18.0 Å². The Labute approximate surface area is 134 Å². The van der Waals surface area contributed by atoms with Crippen LogP contribution < -0.4 is 10.6 Å². The number of benzene rings is 1. The lowest BCUT2D eigenvalue weighted by atomic mass is 9.83. The van der Waals surface area contributed by atoms with Crippen molar-refractivity contribution in [1.29, 1.82) is 5.26 Å². The van der Waals surface area contributed by atoms with Crippen LogP contribution in [0.3, 0.4) is 0 Å². The Morgan fingerprint density at radius 1 is 1.38 bits per heavy atom. The summed E-state index contributed by atoms with van der Waals surface area (Å²) in [5, 5.41) is 15.4. The van der Waals surface area contributed by atoms with E-state index < -0.39 is 5.54 Å². The Hall–Kier alpha value is -1.54. The number of nitrogens with one attached hydrogen (secondary N) is 2. The number of nitrogens with zero attached hydrogens (tertiary/aromatic N) is 1. The van der Waals surface area contributed by atoms with E-state index in [1.807, 2.05) is 25.1 Å². The van der Waals surface area contributed by atoms with Crippen molar-refractivity contribution >= 4 is 27.5 Å². The Morgan fingerprint density at radius 2 is 2.10 bits per heavy atom. The van der Waals surface area contributed by atoms with Gasteiger partial charge in [0.25, 0.3) is 0 Å². The van der Waals surface area contributed by atoms with E-state index in [2.05, 4.69) is 32.6 Å². The highest BCUT2D eigenvalue weighted by molar-refractivity contribution is 9.10. The predicted octanol–water partition coefficient (Wildman–Crippen LogP) is 3.51. The van der Waals surface area contributed by atoms with Crippen molar-refractivity contribution in [1.82, 2.24) is 5.32 Å². The first-order valence-corrected chi connectivity index (χ1v) is 8.06. The van der Waals surface area contributed by atoms with Gasteiger partial charge in [0.05, 0.1) is 12.6 Å². The van der Waals surface area contributed by atoms with Crippen molar-refractivity contribution in [3.05, 3.63) is 28.2 Å². The van der Waals surface area contributed by atoms with Gasteiger partial charge in [-0.1, -0.05) is 25.3 Å². The van der Waals surface area contributed by atoms with Gasteiger partial charge in [0, 0.05) is 10.2 Å². The minimum absolute atomic E-state index is 0.133. The molecule has 1 aromatic rings. The van der Waals surface area contributed by atoms with Crippen LogP contribution >= 0.6 is 15.9 Å². The predicted molar refractivity (Wildman–Crippen MR) is 86.9 cm³/mol. The first-order valence-electron chi connectivity index (χ1n) is 7.27. The molecule has 2 rings (SSSR count). The molecular formula is C16H20BrN3O. The lowest BCUT2D eigenvalue weighted by Gasteiger charge is -2.31. The number of nitriles is 1. The van der Waals surface area contributed by atoms with E-state index >= 15 is 0 Å². The summed E-state index contributed by atoms with van der Waals surface area (Å²) >= 11 is 3.47. The number of hydrogen-bond donors (Lipinski definition) is 2. The van der Waals surface area contributed by atoms with Gasteiger partial charge in [-0.15, -0.1) is 0 Å². The summed E-state index contributed by atoms with van der Waals surface area (Å²) in [7, 11) is 0. The molecule has 0 radical (unpaired) electrons. The van der Waals surface area contributed by atoms with Crippen molar-refractivity contribution < 1.29 is 4.79 Å². The normalized spacial score (nSPS) is 16.8. The molecule has 0 heterocycles. The maximum atomic E-state index is 12.1. The summed E-state index contributed by atoms with van der Waals surface area (Å²) in [5.74, 6) is -0.133. The summed E-state index contributed by atoms with van der Waals surface area (Å²) < 4.78 is 0.933. The van der Waals surface area contributed by atoms with Gasteiger partial charge in [-0.2, -0.15) is 5.26 Å². The summed E-state index contributed by atoms with van der Waals surface area (Å²) in [6.07, 6.45) is 4.66. The fraction of sp³-hybridized carbons (Fsp3) is 0.500. The summed E-state index contributed by atoms with van der Waals surface area (Å²) in [6.45, 7) is 2.19. The van der Waals surface area contributed by atoms with E-state index in [0.29, 0.717) is 0 Å². The highest BCUT2D eigenvalue weighted by Crippen LogP contribution is 2.27. The molecule has 5 heteroatoms. The molecule has 1 aliphatic carbocycles. The fourth-order valence-corrected chi connectivity index (χ4v) is 3.30. The lowest BCUT2D eigenvalue weighted by molar-refractivity contribution is -0.121. The third-order valence-electron chi connectivity index (χ3n) is 3.86. The Balaban J connectivity index is 1.91. The number of halogens is 1. The van der Waals surface area contributed by atoms with E-state index in [-0.39, 0.29) is 12.5 Å². The van der Waals surface area contributed by atoms with Crippen molar-refractivity contribution in [3.8, 4) is 6.07 Å². The number of hydrogen-bond acceptors (Lipinski definition) is 3. The summed E-state index contributed by atoms with van der Waals surface area (Å²) in [5.41, 5.74) is 1.37. The molecular weight excluding hydrogens is 330 g/mol. The van der Waals surface area contributed by atoms with Gasteiger partial charge in [0.15, 0.2) is 0 Å². The van der Waals surface area contributed by atoms with Crippen LogP contribution in [0.5, 0.6) is 0 Å². The van der Waals surface area contributed by atoms with Crippen LogP contribution in [0, 0.1) is 18.3 Å². The number of aryl methyl sites for hydroxylation is 1. The maximum absolute atomic E-state index is 12.1. The Bertz CT molecular complexity index is 559. The van der Waals surface area contributed by atoms with Crippen molar-refractivity contribution in [2.45, 2.75) is 44.6 Å². The van der Waals surface area contributed by atoms with Gasteiger partial charge >= 0.3 is 0 Å². The zero-order valence-corrected chi connectivity index (χ0v) is 13.8. The molecule has 1 saturated carbocycles. The lowest BCUT2D eigenvalue weighted by Crippen LogP contribution is -2.50. The third kappa shape index (κ3) is 4.21. The minimum atomic E-state index is -0.665. The molecule has 0 aliphatic heterocycles. The van der Waals surface area contributed by atoms with E-state index in [0.717, 1.165) is 47.8 Å². The highest BCUT2D eigenvalue weighted by atomic mass is 79.9. The molecule has 0 aromatic heterocycles. The average Bonchev–Trinajstić information content (AvgIpc) is 2.47. The minimum Gasteiger partial charge on any atom is -0.375 e. The molecule has 1 amide bonds. The highest BCUT2D eigenvalue weighted by Gasteiger charge is 2.33. The Kier molecular flexibility index (Phi) is 5.24. The second-order valence-electron chi connectivity index (χ2n) is 5.64. The van der Waals surface area contributed by atoms with Crippen molar-refractivity contribution in [2.75, 3.05) is 11.9 Å². The van der Waals surface area contributed by atoms with Gasteiger partial charge in [0.1, 0.15) is 5.54 Å². The SMILES string of the molecule is Cc1ccc(NCC(=O)NC2(C#N)CCCCC2)c(Br)c1. The molecule has 1 aliphatic rings. The molecule has 0 unspecified atom stereocenters. The quantitative estimate of drug-likeness (QED) is 0.873. The van der Waals surface area contributed by atoms with Crippen LogP contribution in [0.1, 0.15) is 37.7 Å². The van der Waals surface area contributed by atoms with Gasteiger partial charge < -0.3 is 10.6 Å². The van der Waals surface area contributed by atoms with Crippen LogP contribution in [-0.2, 0) is 4.79 Å². The molecule has 0 atom stereocenters. The second kappa shape index (κ2) is 6.95. The number of anilines is 1.